The summed E-state index contributed by atoms with van der Waals surface area (Å²) in [4.78, 5) is 23.0. The summed E-state index contributed by atoms with van der Waals surface area (Å²) in [7, 11) is 1.74. The Morgan fingerprint density at radius 3 is 2.66 bits per heavy atom. The number of benzene rings is 2. The number of esters is 1. The molecule has 0 aliphatic carbocycles. The minimum atomic E-state index is -0.654. The Morgan fingerprint density at radius 1 is 1.16 bits per heavy atom. The quantitative estimate of drug-likeness (QED) is 0.316. The highest BCUT2D eigenvalue weighted by Crippen LogP contribution is 2.22. The first-order chi connectivity index (χ1) is 15.5. The smallest absolute Gasteiger partial charge is 0.344 e. The molecular formula is C23H28N2O6S. The summed E-state index contributed by atoms with van der Waals surface area (Å²) in [5.41, 5.74) is 1.98. The van der Waals surface area contributed by atoms with E-state index in [1.54, 1.807) is 24.6 Å². The predicted octanol–water partition coefficient (Wildman–Crippen LogP) is 2.11. The second-order valence-corrected chi connectivity index (χ2v) is 8.21. The van der Waals surface area contributed by atoms with Crippen molar-refractivity contribution in [2.45, 2.75) is 19.4 Å². The average molecular weight is 461 g/mol. The zero-order valence-electron chi connectivity index (χ0n) is 18.2. The molecule has 1 heterocycles. The Hall–Kier alpha value is -2.88. The number of nitrogens with zero attached hydrogens (tertiary/aromatic N) is 1. The maximum atomic E-state index is 11.7. The highest BCUT2D eigenvalue weighted by molar-refractivity contribution is 7.16. The summed E-state index contributed by atoms with van der Waals surface area (Å²) in [6.45, 7) is 3.25. The zero-order chi connectivity index (χ0) is 22.9. The maximum absolute atomic E-state index is 11.7. The summed E-state index contributed by atoms with van der Waals surface area (Å²) < 4.78 is 18.3. The number of nitrogens with one attached hydrogen (secondary N) is 1. The Labute approximate surface area is 190 Å². The van der Waals surface area contributed by atoms with Gasteiger partial charge in [0.1, 0.15) is 24.2 Å². The topological polar surface area (TPSA) is 99.0 Å². The second-order valence-electron chi connectivity index (χ2n) is 7.21. The summed E-state index contributed by atoms with van der Waals surface area (Å²) in [5.74, 6) is 0.855. The third-order valence-electron chi connectivity index (χ3n) is 4.76. The van der Waals surface area contributed by atoms with Gasteiger partial charge in [0.15, 0.2) is 6.61 Å². The first kappa shape index (κ1) is 23.8. The molecule has 0 bridgehead atoms. The van der Waals surface area contributed by atoms with Crippen LogP contribution in [-0.2, 0) is 23.0 Å². The van der Waals surface area contributed by atoms with E-state index >= 15 is 0 Å². The number of rotatable bonds is 12. The lowest BCUT2D eigenvalue weighted by molar-refractivity contribution is -0.145. The fraction of sp³-hybridized carbons (Fsp3) is 0.391. The van der Waals surface area contributed by atoms with Crippen molar-refractivity contribution in [3.63, 3.8) is 0 Å². The number of hydrogen-bond donors (Lipinski definition) is 2. The number of fused-ring (bicyclic) bond motifs is 1. The zero-order valence-corrected chi connectivity index (χ0v) is 19.0. The van der Waals surface area contributed by atoms with Crippen LogP contribution in [-0.4, -0.2) is 54.7 Å². The molecule has 172 valence electrons. The monoisotopic (exact) mass is 460 g/mol. The lowest BCUT2D eigenvalue weighted by Gasteiger charge is -2.13. The van der Waals surface area contributed by atoms with Gasteiger partial charge in [0.05, 0.1) is 16.8 Å². The number of aliphatic hydroxyl groups is 1. The van der Waals surface area contributed by atoms with E-state index in [9.17, 15) is 14.7 Å². The molecule has 0 fully saturated rings. The first-order valence-corrected chi connectivity index (χ1v) is 11.3. The molecule has 0 aliphatic heterocycles. The van der Waals surface area contributed by atoms with Crippen LogP contribution in [0.25, 0.3) is 10.2 Å². The number of ether oxygens (including phenoxy) is 3. The third kappa shape index (κ3) is 6.81. The number of aryl methyl sites for hydroxylation is 1. The van der Waals surface area contributed by atoms with Crippen molar-refractivity contribution in [1.82, 2.24) is 9.88 Å². The molecule has 1 atom stereocenters. The molecule has 0 aliphatic rings. The van der Waals surface area contributed by atoms with E-state index in [1.165, 1.54) is 11.3 Å². The van der Waals surface area contributed by atoms with Crippen molar-refractivity contribution in [2.24, 2.45) is 7.05 Å². The molecule has 1 unspecified atom stereocenters. The average Bonchev–Trinajstić information content (AvgIpc) is 3.07. The number of hydrogen-bond acceptors (Lipinski definition) is 8. The van der Waals surface area contributed by atoms with Crippen LogP contribution >= 0.6 is 11.3 Å². The Kier molecular flexibility index (Phi) is 8.66. The summed E-state index contributed by atoms with van der Waals surface area (Å²) in [5, 5.41) is 13.4. The predicted molar refractivity (Wildman–Crippen MR) is 124 cm³/mol. The van der Waals surface area contributed by atoms with Crippen LogP contribution in [0.3, 0.4) is 0 Å². The third-order valence-corrected chi connectivity index (χ3v) is 5.76. The van der Waals surface area contributed by atoms with Crippen LogP contribution in [0.4, 0.5) is 0 Å². The van der Waals surface area contributed by atoms with Gasteiger partial charge in [-0.25, -0.2) is 4.79 Å². The summed E-state index contributed by atoms with van der Waals surface area (Å²) in [6, 6.07) is 13.0. The second kappa shape index (κ2) is 11.7. The van der Waals surface area contributed by atoms with E-state index < -0.39 is 6.10 Å². The fourth-order valence-corrected chi connectivity index (χ4v) is 3.96. The van der Waals surface area contributed by atoms with Crippen LogP contribution in [0.5, 0.6) is 11.5 Å². The van der Waals surface area contributed by atoms with E-state index in [0.717, 1.165) is 22.2 Å². The molecule has 1 aromatic heterocycles. The normalized spacial score (nSPS) is 12.0. The minimum Gasteiger partial charge on any atom is -0.491 e. The molecule has 0 saturated carbocycles. The van der Waals surface area contributed by atoms with Gasteiger partial charge in [-0.15, -0.1) is 0 Å². The van der Waals surface area contributed by atoms with Gasteiger partial charge in [0.25, 0.3) is 0 Å². The highest BCUT2D eigenvalue weighted by Gasteiger charge is 2.08. The van der Waals surface area contributed by atoms with Gasteiger partial charge in [-0.05, 0) is 55.8 Å². The highest BCUT2D eigenvalue weighted by atomic mass is 32.1. The lowest BCUT2D eigenvalue weighted by Crippen LogP contribution is -2.32. The molecule has 3 aromatic rings. The molecule has 0 spiro atoms. The largest absolute Gasteiger partial charge is 0.491 e. The molecule has 2 N–H and O–H groups in total. The summed E-state index contributed by atoms with van der Waals surface area (Å²) >= 11 is 1.17. The Morgan fingerprint density at radius 2 is 1.91 bits per heavy atom. The maximum Gasteiger partial charge on any atom is 0.344 e. The number of thiazole rings is 1. The molecule has 0 radical (unpaired) electrons. The van der Waals surface area contributed by atoms with Gasteiger partial charge in [-0.3, -0.25) is 4.79 Å². The van der Waals surface area contributed by atoms with Crippen molar-refractivity contribution in [1.29, 1.82) is 0 Å². The van der Waals surface area contributed by atoms with Gasteiger partial charge in [0.2, 0.25) is 0 Å². The van der Waals surface area contributed by atoms with Crippen molar-refractivity contribution in [3.05, 3.63) is 57.7 Å². The molecular weight excluding hydrogens is 432 g/mol. The van der Waals surface area contributed by atoms with Gasteiger partial charge < -0.3 is 29.2 Å². The van der Waals surface area contributed by atoms with Crippen LogP contribution in [0.1, 0.15) is 12.5 Å². The van der Waals surface area contributed by atoms with Crippen LogP contribution in [0.2, 0.25) is 0 Å². The SMILES string of the molecule is CCOC(=O)COc1ccc(CCNCC(O)COc2ccc3c(c2)sc(=O)n3C)cc1. The van der Waals surface area contributed by atoms with Gasteiger partial charge >= 0.3 is 10.8 Å². The van der Waals surface area contributed by atoms with Crippen molar-refractivity contribution in [3.8, 4) is 11.5 Å². The van der Waals surface area contributed by atoms with Crippen molar-refractivity contribution >= 4 is 27.5 Å². The van der Waals surface area contributed by atoms with E-state index in [1.807, 2.05) is 36.4 Å². The Bertz CT molecular complexity index is 1080. The lowest BCUT2D eigenvalue weighted by atomic mass is 10.1. The number of aromatic nitrogens is 1. The van der Waals surface area contributed by atoms with Crippen molar-refractivity contribution in [2.75, 3.05) is 32.9 Å². The van der Waals surface area contributed by atoms with Gasteiger partial charge in [0, 0.05) is 13.6 Å². The van der Waals surface area contributed by atoms with Gasteiger partial charge in [-0.1, -0.05) is 23.5 Å². The van der Waals surface area contributed by atoms with Crippen molar-refractivity contribution < 1.29 is 24.1 Å². The molecule has 0 amide bonds. The summed E-state index contributed by atoms with van der Waals surface area (Å²) in [6.07, 6.45) is 0.133. The standard InChI is InChI=1S/C23H28N2O6S/c1-3-29-22(27)15-31-18-6-4-16(5-7-18)10-11-24-13-17(26)14-30-19-8-9-20-21(12-19)32-23(28)25(20)2/h4-9,12,17,24,26H,3,10-11,13-15H2,1-2H3. The number of carbonyl (C=O) groups is 1. The van der Waals surface area contributed by atoms with Crippen LogP contribution in [0.15, 0.2) is 47.3 Å². The first-order valence-electron chi connectivity index (χ1n) is 10.4. The van der Waals surface area contributed by atoms with E-state index in [2.05, 4.69) is 5.32 Å². The van der Waals surface area contributed by atoms with Crippen LogP contribution in [0, 0.1) is 0 Å². The molecule has 8 nitrogen and oxygen atoms in total. The fourth-order valence-electron chi connectivity index (χ4n) is 3.05. The molecule has 32 heavy (non-hydrogen) atoms. The number of aliphatic hydroxyl groups excluding tert-OH is 1. The van der Waals surface area contributed by atoms with E-state index in [4.69, 9.17) is 14.2 Å². The molecule has 2 aromatic carbocycles. The van der Waals surface area contributed by atoms with E-state index in [0.29, 0.717) is 31.2 Å². The molecule has 9 heteroatoms. The Balaban J connectivity index is 1.34. The molecule has 3 rings (SSSR count). The molecule has 0 saturated heterocycles. The van der Waals surface area contributed by atoms with E-state index in [-0.39, 0.29) is 24.1 Å². The van der Waals surface area contributed by atoms with Crippen LogP contribution < -0.4 is 19.7 Å². The number of carbonyl (C=O) groups excluding carboxylic acids is 1. The van der Waals surface area contributed by atoms with Gasteiger partial charge in [-0.2, -0.15) is 0 Å². The minimum absolute atomic E-state index is 0.0137.